The number of H-pyrrole nitrogens is 1. The summed E-state index contributed by atoms with van der Waals surface area (Å²) in [4.78, 5) is 38.9. The maximum atomic E-state index is 13.8. The van der Waals surface area contributed by atoms with Gasteiger partial charge in [0.15, 0.2) is 5.01 Å². The van der Waals surface area contributed by atoms with Gasteiger partial charge in [0, 0.05) is 85.2 Å². The molecule has 2 aromatic heterocycles. The number of aromatic amines is 1. The quantitative estimate of drug-likeness (QED) is 0.418. The number of thiazole rings is 1. The molecule has 0 radical (unpaired) electrons. The Labute approximate surface area is 249 Å². The molecule has 6 rings (SSSR count). The van der Waals surface area contributed by atoms with Gasteiger partial charge in [-0.25, -0.2) is 13.4 Å². The Hall–Kier alpha value is -3.76. The smallest absolute Gasteiger partial charge is 0.283 e. The lowest BCUT2D eigenvalue weighted by Crippen LogP contribution is -2.56. The van der Waals surface area contributed by atoms with Crippen LogP contribution in [0.1, 0.15) is 45.7 Å². The van der Waals surface area contributed by atoms with Crippen molar-refractivity contribution >= 4 is 44.1 Å². The molecule has 3 aromatic rings. The van der Waals surface area contributed by atoms with E-state index in [-0.39, 0.29) is 48.9 Å². The molecule has 0 spiro atoms. The van der Waals surface area contributed by atoms with Crippen LogP contribution in [-0.2, 0) is 27.8 Å². The molecule has 2 amide bonds. The Morgan fingerprint density at radius 1 is 1.21 bits per heavy atom. The summed E-state index contributed by atoms with van der Waals surface area (Å²) in [7, 11) is -3.91. The third-order valence-corrected chi connectivity index (χ3v) is 10.9. The largest absolute Gasteiger partial charge is 0.345 e. The van der Waals surface area contributed by atoms with E-state index in [2.05, 4.69) is 28.1 Å². The molecule has 0 aliphatic carbocycles. The molecule has 2 unspecified atom stereocenters. The zero-order valence-electron chi connectivity index (χ0n) is 23.2. The van der Waals surface area contributed by atoms with Crippen LogP contribution in [0.3, 0.4) is 0 Å². The molecular weight excluding hydrogens is 573 g/mol. The first-order valence-corrected chi connectivity index (χ1v) is 16.2. The molecule has 3 aliphatic rings. The van der Waals surface area contributed by atoms with Crippen molar-refractivity contribution in [2.24, 2.45) is 0 Å². The van der Waals surface area contributed by atoms with Gasteiger partial charge in [0.2, 0.25) is 5.91 Å². The molecule has 0 bridgehead atoms. The summed E-state index contributed by atoms with van der Waals surface area (Å²) in [6.45, 7) is 3.66. The molecule has 1 aromatic carbocycles. The minimum Gasteiger partial charge on any atom is -0.345 e. The molecule has 2 N–H and O–H groups in total. The fraction of sp³-hybridized carbons (Fsp3) is 0.367. The number of nitrogens with one attached hydrogen (secondary N) is 2. The van der Waals surface area contributed by atoms with Gasteiger partial charge in [-0.15, -0.1) is 17.8 Å². The maximum Gasteiger partial charge on any atom is 0.283 e. The molecule has 0 saturated carbocycles. The highest BCUT2D eigenvalue weighted by Crippen LogP contribution is 2.29. The lowest BCUT2D eigenvalue weighted by atomic mass is 10.1. The van der Waals surface area contributed by atoms with E-state index in [1.807, 2.05) is 12.2 Å². The summed E-state index contributed by atoms with van der Waals surface area (Å²) in [5.41, 5.74) is 2.28. The molecule has 5 heterocycles. The predicted molar refractivity (Wildman–Crippen MR) is 161 cm³/mol. The first kappa shape index (κ1) is 28.4. The van der Waals surface area contributed by atoms with Crippen LogP contribution in [-0.4, -0.2) is 82.6 Å². The zero-order chi connectivity index (χ0) is 29.4. The minimum atomic E-state index is -3.91. The van der Waals surface area contributed by atoms with Crippen molar-refractivity contribution in [1.29, 1.82) is 0 Å². The lowest BCUT2D eigenvalue weighted by molar-refractivity contribution is -0.128. The first-order chi connectivity index (χ1) is 20.2. The second-order valence-corrected chi connectivity index (χ2v) is 13.8. The Bertz CT molecular complexity index is 1750. The summed E-state index contributed by atoms with van der Waals surface area (Å²) in [6.07, 6.45) is 14.1. The van der Waals surface area contributed by atoms with Crippen LogP contribution in [0.25, 0.3) is 10.9 Å². The monoisotopic (exact) mass is 604 g/mol. The predicted octanol–water partition coefficient (Wildman–Crippen LogP) is 2.85. The summed E-state index contributed by atoms with van der Waals surface area (Å²) in [5, 5.41) is 4.59. The van der Waals surface area contributed by atoms with Crippen LogP contribution in [0.4, 0.5) is 0 Å². The van der Waals surface area contributed by atoms with Crippen LogP contribution >= 0.6 is 11.3 Å². The van der Waals surface area contributed by atoms with Crippen LogP contribution in [0.2, 0.25) is 0 Å². The number of carbonyl (C=O) groups excluding carboxylic acids is 2. The molecule has 218 valence electrons. The molecule has 1 fully saturated rings. The van der Waals surface area contributed by atoms with Gasteiger partial charge in [0.25, 0.3) is 15.9 Å². The van der Waals surface area contributed by atoms with E-state index in [0.717, 1.165) is 17.0 Å². The molecular formula is C30H32N6O4S2. The van der Waals surface area contributed by atoms with E-state index in [9.17, 15) is 18.0 Å². The normalized spacial score (nSPS) is 21.0. The van der Waals surface area contributed by atoms with Crippen molar-refractivity contribution in [3.05, 3.63) is 69.8 Å². The third kappa shape index (κ3) is 5.53. The number of allylic oxidation sites excluding steroid dienone is 2. The number of piperazine rings is 1. The third-order valence-electron chi connectivity index (χ3n) is 7.99. The highest BCUT2D eigenvalue weighted by atomic mass is 32.2. The second-order valence-electron chi connectivity index (χ2n) is 10.8. The van der Waals surface area contributed by atoms with Gasteiger partial charge in [0.1, 0.15) is 5.03 Å². The van der Waals surface area contributed by atoms with Gasteiger partial charge in [-0.05, 0) is 43.7 Å². The van der Waals surface area contributed by atoms with Crippen LogP contribution < -0.4 is 5.32 Å². The fourth-order valence-electron chi connectivity index (χ4n) is 5.64. The number of amides is 2. The Balaban J connectivity index is 1.25. The Kier molecular flexibility index (Phi) is 7.76. The van der Waals surface area contributed by atoms with E-state index in [0.29, 0.717) is 41.0 Å². The van der Waals surface area contributed by atoms with Crippen LogP contribution in [0.5, 0.6) is 0 Å². The number of hydrogen-bond acceptors (Lipinski definition) is 7. The average molecular weight is 605 g/mol. The van der Waals surface area contributed by atoms with Gasteiger partial charge in [-0.1, -0.05) is 18.1 Å². The molecule has 12 heteroatoms. The maximum absolute atomic E-state index is 13.8. The highest BCUT2D eigenvalue weighted by Gasteiger charge is 2.38. The van der Waals surface area contributed by atoms with Crippen molar-refractivity contribution in [3.63, 3.8) is 0 Å². The van der Waals surface area contributed by atoms with Gasteiger partial charge < -0.3 is 20.1 Å². The summed E-state index contributed by atoms with van der Waals surface area (Å²) in [6, 6.07) is 6.67. The van der Waals surface area contributed by atoms with Gasteiger partial charge in [0.05, 0.1) is 5.69 Å². The van der Waals surface area contributed by atoms with Gasteiger partial charge in [-0.2, -0.15) is 4.31 Å². The Morgan fingerprint density at radius 3 is 2.86 bits per heavy atom. The van der Waals surface area contributed by atoms with Crippen LogP contribution in [0.15, 0.2) is 53.7 Å². The number of sulfonamides is 1. The number of benzene rings is 1. The minimum absolute atomic E-state index is 0.0701. The van der Waals surface area contributed by atoms with E-state index < -0.39 is 16.1 Å². The van der Waals surface area contributed by atoms with E-state index in [4.69, 9.17) is 6.42 Å². The molecule has 10 nitrogen and oxygen atoms in total. The standard InChI is InChI=1S/C30H32N6O4S2/c1-3-21-7-9-24-22(16-21)17-27(32-24)42(39,40)35-13-14-36(23(19-35)8-10-28(37)34-11-5-4-6-12-34)30(38)29-33-25-15-20(2)31-18-26(25)41-29/h1,4-7,9,11,16-17,20,23,31-32H,8,10,12-15,18-19H2,2H3. The number of hydrogen-bond donors (Lipinski definition) is 2. The van der Waals surface area contributed by atoms with E-state index in [1.54, 1.807) is 46.3 Å². The van der Waals surface area contributed by atoms with Crippen molar-refractivity contribution in [3.8, 4) is 12.3 Å². The molecule has 42 heavy (non-hydrogen) atoms. The first-order valence-electron chi connectivity index (χ1n) is 14.0. The lowest BCUT2D eigenvalue weighted by Gasteiger charge is -2.40. The SMILES string of the molecule is C#Cc1ccc2[nH]c(S(=O)(=O)N3CCN(C(=O)c4nc5c(s4)CNC(C)C5)C(CCC(=O)N4C=CC=CC4)C3)cc2c1. The zero-order valence-corrected chi connectivity index (χ0v) is 24.9. The number of fused-ring (bicyclic) bond motifs is 2. The second kappa shape index (κ2) is 11.5. The molecule has 3 aliphatic heterocycles. The average Bonchev–Trinajstić information content (AvgIpc) is 3.64. The molecule has 1 saturated heterocycles. The van der Waals surface area contributed by atoms with Crippen molar-refractivity contribution in [2.75, 3.05) is 26.2 Å². The molecule has 2 atom stereocenters. The van der Waals surface area contributed by atoms with Gasteiger partial charge in [-0.3, -0.25) is 9.59 Å². The number of terminal acetylenes is 1. The van der Waals surface area contributed by atoms with E-state index >= 15 is 0 Å². The van der Waals surface area contributed by atoms with Gasteiger partial charge >= 0.3 is 0 Å². The summed E-state index contributed by atoms with van der Waals surface area (Å²) >= 11 is 1.39. The van der Waals surface area contributed by atoms with Crippen molar-refractivity contribution < 1.29 is 18.0 Å². The van der Waals surface area contributed by atoms with Crippen LogP contribution in [0, 0.1) is 12.3 Å². The van der Waals surface area contributed by atoms with Crippen molar-refractivity contribution in [2.45, 2.75) is 49.8 Å². The topological polar surface area (TPSA) is 119 Å². The Morgan fingerprint density at radius 2 is 2.07 bits per heavy atom. The van der Waals surface area contributed by atoms with Crippen molar-refractivity contribution in [1.82, 2.24) is 29.4 Å². The number of aromatic nitrogens is 2. The fourth-order valence-corrected chi connectivity index (χ4v) is 8.12. The number of nitrogens with zero attached hydrogens (tertiary/aromatic N) is 4. The number of rotatable bonds is 6. The summed E-state index contributed by atoms with van der Waals surface area (Å²) in [5.74, 6) is 2.28. The summed E-state index contributed by atoms with van der Waals surface area (Å²) < 4.78 is 29.0. The number of carbonyl (C=O) groups is 2. The van der Waals surface area contributed by atoms with E-state index in [1.165, 1.54) is 15.6 Å². The highest BCUT2D eigenvalue weighted by molar-refractivity contribution is 7.89.